The SMILES string of the molecule is COc1ccccc1-c1ccc(N2CCCC(C(=O)NCCn3cnc(C)cc3=O)C2)nn1. The first kappa shape index (κ1) is 22.4. The predicted octanol–water partition coefficient (Wildman–Crippen LogP) is 2.05. The number of anilines is 1. The highest BCUT2D eigenvalue weighted by Gasteiger charge is 2.26. The number of carbonyl (C=O) groups excluding carboxylic acids is 1. The van der Waals surface area contributed by atoms with Crippen molar-refractivity contribution in [2.24, 2.45) is 5.92 Å². The highest BCUT2D eigenvalue weighted by Crippen LogP contribution is 2.29. The van der Waals surface area contributed by atoms with E-state index in [0.717, 1.165) is 42.2 Å². The second kappa shape index (κ2) is 10.2. The summed E-state index contributed by atoms with van der Waals surface area (Å²) in [7, 11) is 1.63. The summed E-state index contributed by atoms with van der Waals surface area (Å²) >= 11 is 0. The molecule has 0 spiro atoms. The van der Waals surface area contributed by atoms with Crippen LogP contribution in [0.2, 0.25) is 0 Å². The van der Waals surface area contributed by atoms with Crippen molar-refractivity contribution in [1.82, 2.24) is 25.1 Å². The minimum atomic E-state index is -0.137. The number of para-hydroxylation sites is 1. The first-order chi connectivity index (χ1) is 16.0. The molecule has 1 saturated heterocycles. The lowest BCUT2D eigenvalue weighted by molar-refractivity contribution is -0.125. The molecule has 1 aliphatic rings. The number of hydrogen-bond donors (Lipinski definition) is 1. The van der Waals surface area contributed by atoms with Gasteiger partial charge in [0, 0.05) is 43.5 Å². The van der Waals surface area contributed by atoms with Gasteiger partial charge in [-0.25, -0.2) is 4.98 Å². The average molecular weight is 449 g/mol. The van der Waals surface area contributed by atoms with Crippen molar-refractivity contribution in [3.05, 3.63) is 64.8 Å². The number of hydrogen-bond acceptors (Lipinski definition) is 7. The van der Waals surface area contributed by atoms with Gasteiger partial charge in [0.15, 0.2) is 5.82 Å². The predicted molar refractivity (Wildman–Crippen MR) is 125 cm³/mol. The van der Waals surface area contributed by atoms with Gasteiger partial charge in [0.1, 0.15) is 5.75 Å². The zero-order valence-electron chi connectivity index (χ0n) is 18.9. The molecule has 1 amide bonds. The third kappa shape index (κ3) is 5.36. The van der Waals surface area contributed by atoms with Crippen LogP contribution in [0.15, 0.2) is 53.6 Å². The Morgan fingerprint density at radius 3 is 2.82 bits per heavy atom. The minimum Gasteiger partial charge on any atom is -0.496 e. The number of ether oxygens (including phenoxy) is 1. The molecule has 9 nitrogen and oxygen atoms in total. The molecule has 0 aliphatic carbocycles. The maximum absolute atomic E-state index is 12.7. The fourth-order valence-electron chi connectivity index (χ4n) is 4.02. The number of aromatic nitrogens is 4. The van der Waals surface area contributed by atoms with E-state index in [2.05, 4.69) is 25.4 Å². The zero-order chi connectivity index (χ0) is 23.2. The Labute approximate surface area is 192 Å². The van der Waals surface area contributed by atoms with Crippen LogP contribution in [-0.2, 0) is 11.3 Å². The smallest absolute Gasteiger partial charge is 0.253 e. The average Bonchev–Trinajstić information content (AvgIpc) is 2.85. The van der Waals surface area contributed by atoms with Crippen LogP contribution in [0.5, 0.6) is 5.75 Å². The van der Waals surface area contributed by atoms with E-state index < -0.39 is 0 Å². The molecule has 3 heterocycles. The minimum absolute atomic E-state index is 0.00794. The molecule has 0 radical (unpaired) electrons. The van der Waals surface area contributed by atoms with Crippen molar-refractivity contribution in [3.8, 4) is 17.0 Å². The van der Waals surface area contributed by atoms with Gasteiger partial charge in [0.05, 0.1) is 25.0 Å². The molecule has 1 N–H and O–H groups in total. The summed E-state index contributed by atoms with van der Waals surface area (Å²) in [6, 6.07) is 13.0. The van der Waals surface area contributed by atoms with E-state index in [4.69, 9.17) is 4.74 Å². The normalized spacial score (nSPS) is 15.8. The fourth-order valence-corrected chi connectivity index (χ4v) is 4.02. The van der Waals surface area contributed by atoms with E-state index in [1.165, 1.54) is 17.0 Å². The molecule has 1 aliphatic heterocycles. The van der Waals surface area contributed by atoms with E-state index in [1.54, 1.807) is 14.0 Å². The second-order valence-corrected chi connectivity index (χ2v) is 8.12. The lowest BCUT2D eigenvalue weighted by Crippen LogP contribution is -2.44. The van der Waals surface area contributed by atoms with Crippen molar-refractivity contribution >= 4 is 11.7 Å². The molecule has 1 atom stereocenters. The molecule has 1 unspecified atom stereocenters. The second-order valence-electron chi connectivity index (χ2n) is 8.12. The van der Waals surface area contributed by atoms with Crippen LogP contribution in [0, 0.1) is 12.8 Å². The van der Waals surface area contributed by atoms with Crippen LogP contribution in [0.3, 0.4) is 0 Å². The molecule has 4 rings (SSSR count). The summed E-state index contributed by atoms with van der Waals surface area (Å²) in [6.45, 7) is 3.97. The van der Waals surface area contributed by atoms with Crippen LogP contribution in [-0.4, -0.2) is 52.4 Å². The number of amides is 1. The number of methoxy groups -OCH3 is 1. The van der Waals surface area contributed by atoms with Gasteiger partial charge >= 0.3 is 0 Å². The molecule has 1 aromatic carbocycles. The monoisotopic (exact) mass is 448 g/mol. The van der Waals surface area contributed by atoms with Gasteiger partial charge in [0.25, 0.3) is 5.56 Å². The largest absolute Gasteiger partial charge is 0.496 e. The third-order valence-corrected chi connectivity index (χ3v) is 5.82. The van der Waals surface area contributed by atoms with Crippen LogP contribution in [0.4, 0.5) is 5.82 Å². The number of carbonyl (C=O) groups is 1. The summed E-state index contributed by atoms with van der Waals surface area (Å²) in [5.74, 6) is 1.36. The molecule has 1 fully saturated rings. The summed E-state index contributed by atoms with van der Waals surface area (Å²) in [6.07, 6.45) is 3.23. The molecular formula is C24H28N6O3. The van der Waals surface area contributed by atoms with Gasteiger partial charge in [-0.05, 0) is 44.0 Å². The summed E-state index contributed by atoms with van der Waals surface area (Å²) < 4.78 is 6.91. The van der Waals surface area contributed by atoms with Crippen LogP contribution in [0.25, 0.3) is 11.3 Å². The molecule has 0 bridgehead atoms. The van der Waals surface area contributed by atoms with Crippen molar-refractivity contribution in [2.75, 3.05) is 31.6 Å². The van der Waals surface area contributed by atoms with Crippen LogP contribution >= 0.6 is 0 Å². The lowest BCUT2D eigenvalue weighted by atomic mass is 9.97. The maximum Gasteiger partial charge on any atom is 0.253 e. The summed E-state index contributed by atoms with van der Waals surface area (Å²) in [5, 5.41) is 11.8. The number of piperidine rings is 1. The number of nitrogens with zero attached hydrogens (tertiary/aromatic N) is 5. The highest BCUT2D eigenvalue weighted by atomic mass is 16.5. The number of nitrogens with one attached hydrogen (secondary N) is 1. The van der Waals surface area contributed by atoms with E-state index in [9.17, 15) is 9.59 Å². The Bertz CT molecular complexity index is 1160. The van der Waals surface area contributed by atoms with E-state index in [-0.39, 0.29) is 17.4 Å². The van der Waals surface area contributed by atoms with Crippen molar-refractivity contribution in [1.29, 1.82) is 0 Å². The fraction of sp³-hybridized carbons (Fsp3) is 0.375. The standard InChI is InChI=1S/C24H28N6O3/c1-17-14-23(31)30(16-26-17)13-11-25-24(32)18-6-5-12-29(15-18)22-10-9-20(27-28-22)19-7-3-4-8-21(19)33-2/h3-4,7-10,14,16,18H,5-6,11-13,15H2,1-2H3,(H,25,32). The van der Waals surface area contributed by atoms with Gasteiger partial charge in [-0.3, -0.25) is 14.2 Å². The third-order valence-electron chi connectivity index (χ3n) is 5.82. The van der Waals surface area contributed by atoms with E-state index in [1.807, 2.05) is 36.4 Å². The van der Waals surface area contributed by atoms with Gasteiger partial charge in [0.2, 0.25) is 5.91 Å². The van der Waals surface area contributed by atoms with Gasteiger partial charge in [-0.15, -0.1) is 10.2 Å². The Hall–Kier alpha value is -3.75. The van der Waals surface area contributed by atoms with E-state index in [0.29, 0.717) is 25.3 Å². The molecule has 3 aromatic rings. The van der Waals surface area contributed by atoms with Gasteiger partial charge < -0.3 is 15.0 Å². The summed E-state index contributed by atoms with van der Waals surface area (Å²) in [4.78, 5) is 30.9. The van der Waals surface area contributed by atoms with E-state index >= 15 is 0 Å². The van der Waals surface area contributed by atoms with Crippen molar-refractivity contribution < 1.29 is 9.53 Å². The molecule has 9 heteroatoms. The number of aryl methyl sites for hydroxylation is 1. The Balaban J connectivity index is 1.35. The van der Waals surface area contributed by atoms with Gasteiger partial charge in [-0.2, -0.15) is 0 Å². The Morgan fingerprint density at radius 2 is 2.06 bits per heavy atom. The Kier molecular flexibility index (Phi) is 6.97. The quantitative estimate of drug-likeness (QED) is 0.590. The first-order valence-corrected chi connectivity index (χ1v) is 11.1. The summed E-state index contributed by atoms with van der Waals surface area (Å²) in [5.41, 5.74) is 2.19. The number of benzene rings is 1. The maximum atomic E-state index is 12.7. The van der Waals surface area contributed by atoms with Crippen LogP contribution in [0.1, 0.15) is 18.5 Å². The van der Waals surface area contributed by atoms with Crippen LogP contribution < -0.4 is 20.5 Å². The molecule has 172 valence electrons. The first-order valence-electron chi connectivity index (χ1n) is 11.1. The topological polar surface area (TPSA) is 102 Å². The highest BCUT2D eigenvalue weighted by molar-refractivity contribution is 5.79. The zero-order valence-corrected chi connectivity index (χ0v) is 18.9. The number of rotatable bonds is 7. The van der Waals surface area contributed by atoms with Gasteiger partial charge in [-0.1, -0.05) is 12.1 Å². The van der Waals surface area contributed by atoms with Crippen molar-refractivity contribution in [2.45, 2.75) is 26.3 Å². The van der Waals surface area contributed by atoms with Crippen molar-refractivity contribution in [3.63, 3.8) is 0 Å². The molecular weight excluding hydrogens is 420 g/mol. The Morgan fingerprint density at radius 1 is 1.21 bits per heavy atom. The molecule has 33 heavy (non-hydrogen) atoms. The molecule has 0 saturated carbocycles. The lowest BCUT2D eigenvalue weighted by Gasteiger charge is -2.32. The molecule has 2 aromatic heterocycles.